The fourth-order valence-corrected chi connectivity index (χ4v) is 1.99. The van der Waals surface area contributed by atoms with Gasteiger partial charge >= 0.3 is 0 Å². The van der Waals surface area contributed by atoms with Crippen LogP contribution in [0.5, 0.6) is 0 Å². The molecule has 1 heterocycles. The number of benzene rings is 1. The maximum Gasteiger partial charge on any atom is 0.274 e. The third-order valence-electron chi connectivity index (χ3n) is 3.27. The van der Waals surface area contributed by atoms with Crippen LogP contribution in [0.3, 0.4) is 0 Å². The molecule has 1 aromatic carbocycles. The highest BCUT2D eigenvalue weighted by Gasteiger charge is 2.09. The lowest BCUT2D eigenvalue weighted by Gasteiger charge is -2.12. The van der Waals surface area contributed by atoms with Crippen LogP contribution in [-0.2, 0) is 0 Å². The molecule has 0 aliphatic rings. The van der Waals surface area contributed by atoms with Gasteiger partial charge in [0.1, 0.15) is 5.69 Å². The first kappa shape index (κ1) is 16.0. The fourth-order valence-electron chi connectivity index (χ4n) is 1.99. The average Bonchev–Trinajstić information content (AvgIpc) is 2.49. The van der Waals surface area contributed by atoms with Crippen molar-refractivity contribution >= 4 is 17.3 Å². The summed E-state index contributed by atoms with van der Waals surface area (Å²) >= 11 is 0. The zero-order valence-corrected chi connectivity index (χ0v) is 13.3. The molecule has 0 aliphatic heterocycles. The summed E-state index contributed by atoms with van der Waals surface area (Å²) in [6.45, 7) is 3.70. The lowest BCUT2D eigenvalue weighted by atomic mass is 10.2. The van der Waals surface area contributed by atoms with Gasteiger partial charge in [0.05, 0.1) is 0 Å². The molecular formula is C17H22N4O. The number of hydrogen-bond donors (Lipinski definition) is 2. The van der Waals surface area contributed by atoms with E-state index < -0.39 is 0 Å². The van der Waals surface area contributed by atoms with E-state index in [-0.39, 0.29) is 5.91 Å². The molecule has 5 nitrogen and oxygen atoms in total. The molecule has 0 atom stereocenters. The highest BCUT2D eigenvalue weighted by atomic mass is 16.1. The minimum Gasteiger partial charge on any atom is -0.384 e. The van der Waals surface area contributed by atoms with E-state index in [0.29, 0.717) is 5.69 Å². The molecule has 0 aliphatic carbocycles. The van der Waals surface area contributed by atoms with Crippen molar-refractivity contribution in [3.05, 3.63) is 53.9 Å². The van der Waals surface area contributed by atoms with Crippen molar-refractivity contribution in [1.29, 1.82) is 0 Å². The minimum absolute atomic E-state index is 0.203. The van der Waals surface area contributed by atoms with Crippen LogP contribution in [0.15, 0.2) is 42.6 Å². The fraction of sp³-hybridized carbons (Fsp3) is 0.294. The quantitative estimate of drug-likeness (QED) is 0.861. The van der Waals surface area contributed by atoms with Crippen molar-refractivity contribution in [1.82, 2.24) is 9.88 Å². The van der Waals surface area contributed by atoms with Gasteiger partial charge in [0.2, 0.25) is 0 Å². The molecule has 1 aromatic heterocycles. The number of nitrogens with zero attached hydrogens (tertiary/aromatic N) is 2. The number of aryl methyl sites for hydroxylation is 1. The maximum absolute atomic E-state index is 12.3. The van der Waals surface area contributed by atoms with Crippen LogP contribution in [0.25, 0.3) is 0 Å². The van der Waals surface area contributed by atoms with E-state index in [1.165, 1.54) is 0 Å². The average molecular weight is 298 g/mol. The van der Waals surface area contributed by atoms with E-state index in [1.54, 1.807) is 12.3 Å². The Morgan fingerprint density at radius 3 is 2.73 bits per heavy atom. The zero-order valence-electron chi connectivity index (χ0n) is 13.3. The second-order valence-corrected chi connectivity index (χ2v) is 5.43. The number of hydrogen-bond acceptors (Lipinski definition) is 4. The lowest BCUT2D eigenvalue weighted by molar-refractivity contribution is 0.102. The highest BCUT2D eigenvalue weighted by Crippen LogP contribution is 2.15. The van der Waals surface area contributed by atoms with E-state index in [0.717, 1.165) is 30.0 Å². The Bertz CT molecular complexity index is 640. The number of likely N-dealkylation sites (N-methyl/N-ethyl adjacent to an activating group) is 1. The number of amides is 1. The van der Waals surface area contributed by atoms with Crippen molar-refractivity contribution in [3.8, 4) is 0 Å². The lowest BCUT2D eigenvalue weighted by Crippen LogP contribution is -2.21. The van der Waals surface area contributed by atoms with Crippen LogP contribution in [0.1, 0.15) is 16.1 Å². The van der Waals surface area contributed by atoms with Crippen LogP contribution in [0.4, 0.5) is 11.4 Å². The molecule has 22 heavy (non-hydrogen) atoms. The molecule has 0 spiro atoms. The molecule has 116 valence electrons. The summed E-state index contributed by atoms with van der Waals surface area (Å²) in [5.74, 6) is -0.203. The predicted molar refractivity (Wildman–Crippen MR) is 90.4 cm³/mol. The predicted octanol–water partition coefficient (Wildman–Crippen LogP) is 2.62. The molecule has 0 radical (unpaired) electrons. The van der Waals surface area contributed by atoms with Gasteiger partial charge in [-0.05, 0) is 44.8 Å². The van der Waals surface area contributed by atoms with E-state index >= 15 is 0 Å². The molecule has 0 bridgehead atoms. The van der Waals surface area contributed by atoms with Gasteiger partial charge in [-0.25, -0.2) is 0 Å². The van der Waals surface area contributed by atoms with Crippen LogP contribution < -0.4 is 10.6 Å². The molecule has 5 heteroatoms. The Morgan fingerprint density at radius 2 is 2.00 bits per heavy atom. The van der Waals surface area contributed by atoms with Crippen molar-refractivity contribution < 1.29 is 4.79 Å². The van der Waals surface area contributed by atoms with Crippen molar-refractivity contribution in [3.63, 3.8) is 0 Å². The number of carbonyl (C=O) groups excluding carboxylic acids is 1. The van der Waals surface area contributed by atoms with Crippen LogP contribution in [0, 0.1) is 6.92 Å². The van der Waals surface area contributed by atoms with Crippen molar-refractivity contribution in [2.75, 3.05) is 37.8 Å². The Morgan fingerprint density at radius 1 is 1.23 bits per heavy atom. The molecule has 0 saturated heterocycles. The smallest absolute Gasteiger partial charge is 0.274 e. The number of aromatic nitrogens is 1. The van der Waals surface area contributed by atoms with Gasteiger partial charge in [-0.2, -0.15) is 0 Å². The second kappa shape index (κ2) is 7.56. The summed E-state index contributed by atoms with van der Waals surface area (Å²) in [6.07, 6.45) is 1.64. The zero-order chi connectivity index (χ0) is 15.9. The molecule has 0 fully saturated rings. The maximum atomic E-state index is 12.3. The number of anilines is 2. The first-order chi connectivity index (χ1) is 10.6. The van der Waals surface area contributed by atoms with Gasteiger partial charge in [0, 0.05) is 30.7 Å². The molecule has 0 saturated carbocycles. The Balaban J connectivity index is 2.02. The molecule has 2 aromatic rings. The third kappa shape index (κ3) is 4.56. The van der Waals surface area contributed by atoms with Crippen molar-refractivity contribution in [2.45, 2.75) is 6.92 Å². The summed E-state index contributed by atoms with van der Waals surface area (Å²) < 4.78 is 0. The molecule has 2 N–H and O–H groups in total. The van der Waals surface area contributed by atoms with Crippen LogP contribution >= 0.6 is 0 Å². The minimum atomic E-state index is -0.203. The number of pyridine rings is 1. The topological polar surface area (TPSA) is 57.3 Å². The Hall–Kier alpha value is -2.40. The van der Waals surface area contributed by atoms with Crippen LogP contribution in [-0.4, -0.2) is 43.0 Å². The first-order valence-corrected chi connectivity index (χ1v) is 7.28. The van der Waals surface area contributed by atoms with Gasteiger partial charge in [-0.1, -0.05) is 18.2 Å². The Labute approximate surface area is 131 Å². The number of rotatable bonds is 6. The molecule has 0 unspecified atom stereocenters. The summed E-state index contributed by atoms with van der Waals surface area (Å²) in [4.78, 5) is 18.5. The highest BCUT2D eigenvalue weighted by molar-refractivity contribution is 6.03. The van der Waals surface area contributed by atoms with E-state index in [9.17, 15) is 4.79 Å². The van der Waals surface area contributed by atoms with Gasteiger partial charge < -0.3 is 15.5 Å². The van der Waals surface area contributed by atoms with E-state index in [4.69, 9.17) is 0 Å². The second-order valence-electron chi connectivity index (χ2n) is 5.43. The SMILES string of the molecule is Cc1ccccc1NC(=O)c1cc(NCCN(C)C)ccn1. The summed E-state index contributed by atoms with van der Waals surface area (Å²) in [5.41, 5.74) is 3.13. The Kier molecular flexibility index (Phi) is 5.49. The molecule has 2 rings (SSSR count). The van der Waals surface area contributed by atoms with Gasteiger partial charge in [0.25, 0.3) is 5.91 Å². The molecule has 1 amide bonds. The number of nitrogens with one attached hydrogen (secondary N) is 2. The van der Waals surface area contributed by atoms with Gasteiger partial charge in [-0.3, -0.25) is 9.78 Å². The summed E-state index contributed by atoms with van der Waals surface area (Å²) in [6, 6.07) is 11.3. The monoisotopic (exact) mass is 298 g/mol. The largest absolute Gasteiger partial charge is 0.384 e. The standard InChI is InChI=1S/C17H22N4O/c1-13-6-4-5-7-15(13)20-17(22)16-12-14(8-9-19-16)18-10-11-21(2)3/h4-9,12H,10-11H2,1-3H3,(H,18,19)(H,20,22). The number of para-hydroxylation sites is 1. The van der Waals surface area contributed by atoms with Crippen molar-refractivity contribution in [2.24, 2.45) is 0 Å². The molecular weight excluding hydrogens is 276 g/mol. The summed E-state index contributed by atoms with van der Waals surface area (Å²) in [5, 5.41) is 6.18. The first-order valence-electron chi connectivity index (χ1n) is 7.28. The van der Waals surface area contributed by atoms with E-state index in [1.807, 2.05) is 51.4 Å². The third-order valence-corrected chi connectivity index (χ3v) is 3.27. The number of carbonyl (C=O) groups is 1. The van der Waals surface area contributed by atoms with Gasteiger partial charge in [-0.15, -0.1) is 0 Å². The summed E-state index contributed by atoms with van der Waals surface area (Å²) in [7, 11) is 4.05. The van der Waals surface area contributed by atoms with Crippen LogP contribution in [0.2, 0.25) is 0 Å². The normalized spacial score (nSPS) is 10.5. The van der Waals surface area contributed by atoms with Gasteiger partial charge in [0.15, 0.2) is 0 Å². The van der Waals surface area contributed by atoms with E-state index in [2.05, 4.69) is 20.5 Å².